The number of aryl methyl sites for hydroxylation is 1. The lowest BCUT2D eigenvalue weighted by Gasteiger charge is -2.14. The Bertz CT molecular complexity index is 728. The zero-order chi connectivity index (χ0) is 16.8. The minimum Gasteiger partial charge on any atom is -0.462 e. The van der Waals surface area contributed by atoms with Gasteiger partial charge in [-0.15, -0.1) is 0 Å². The highest BCUT2D eigenvalue weighted by Gasteiger charge is 2.19. The lowest BCUT2D eigenvalue weighted by molar-refractivity contribution is -0.119. The molecule has 6 nitrogen and oxygen atoms in total. The van der Waals surface area contributed by atoms with E-state index in [9.17, 15) is 9.59 Å². The Morgan fingerprint density at radius 3 is 2.70 bits per heavy atom. The number of nitrogens with zero attached hydrogens (tertiary/aromatic N) is 1. The van der Waals surface area contributed by atoms with Crippen LogP contribution in [0.5, 0.6) is 0 Å². The number of carbonyl (C=O) groups is 2. The fourth-order valence-corrected chi connectivity index (χ4v) is 2.43. The van der Waals surface area contributed by atoms with Crippen molar-refractivity contribution in [3.8, 4) is 0 Å². The number of ether oxygens (including phenoxy) is 1. The molecule has 0 aliphatic carbocycles. The third kappa shape index (κ3) is 3.84. The van der Waals surface area contributed by atoms with E-state index in [1.165, 1.54) is 0 Å². The summed E-state index contributed by atoms with van der Waals surface area (Å²) in [6, 6.07) is 7.65. The van der Waals surface area contributed by atoms with Crippen LogP contribution >= 0.6 is 0 Å². The number of fused-ring (bicyclic) bond motifs is 1. The van der Waals surface area contributed by atoms with Gasteiger partial charge < -0.3 is 15.4 Å². The predicted molar refractivity (Wildman–Crippen MR) is 88.2 cm³/mol. The lowest BCUT2D eigenvalue weighted by atomic mass is 10.0. The van der Waals surface area contributed by atoms with Crippen molar-refractivity contribution in [2.75, 3.05) is 20.2 Å². The number of carbonyl (C=O) groups excluding carboxylic acids is 2. The second-order valence-corrected chi connectivity index (χ2v) is 5.07. The van der Waals surface area contributed by atoms with E-state index >= 15 is 0 Å². The monoisotopic (exact) mass is 315 g/mol. The molecule has 1 heterocycles. The molecule has 0 atom stereocenters. The number of likely N-dealkylation sites (N-methyl/N-ethyl adjacent to an activating group) is 1. The van der Waals surface area contributed by atoms with Crippen molar-refractivity contribution in [1.29, 1.82) is 0 Å². The van der Waals surface area contributed by atoms with Gasteiger partial charge in [0.15, 0.2) is 0 Å². The van der Waals surface area contributed by atoms with Crippen LogP contribution in [0.15, 0.2) is 24.3 Å². The molecule has 2 N–H and O–H groups in total. The molecular formula is C17H21N3O3. The predicted octanol–water partition coefficient (Wildman–Crippen LogP) is 1.56. The Morgan fingerprint density at radius 1 is 1.26 bits per heavy atom. The summed E-state index contributed by atoms with van der Waals surface area (Å²) in [5, 5.41) is 6.46. The molecule has 1 aromatic heterocycles. The van der Waals surface area contributed by atoms with Gasteiger partial charge in [-0.25, -0.2) is 4.79 Å². The summed E-state index contributed by atoms with van der Waals surface area (Å²) in [6.45, 7) is 4.43. The highest BCUT2D eigenvalue weighted by atomic mass is 16.5. The van der Waals surface area contributed by atoms with Crippen molar-refractivity contribution in [3.63, 3.8) is 0 Å². The molecule has 23 heavy (non-hydrogen) atoms. The zero-order valence-corrected chi connectivity index (χ0v) is 13.6. The van der Waals surface area contributed by atoms with E-state index in [1.54, 1.807) is 14.0 Å². The summed E-state index contributed by atoms with van der Waals surface area (Å²) in [4.78, 5) is 28.2. The Morgan fingerprint density at radius 2 is 2.00 bits per heavy atom. The van der Waals surface area contributed by atoms with Gasteiger partial charge in [0.25, 0.3) is 0 Å². The van der Waals surface area contributed by atoms with E-state index in [4.69, 9.17) is 4.74 Å². The van der Waals surface area contributed by atoms with Crippen molar-refractivity contribution in [2.45, 2.75) is 20.4 Å². The lowest BCUT2D eigenvalue weighted by Crippen LogP contribution is -2.31. The van der Waals surface area contributed by atoms with Gasteiger partial charge in [-0.3, -0.25) is 9.78 Å². The summed E-state index contributed by atoms with van der Waals surface area (Å²) < 4.78 is 5.16. The molecule has 2 rings (SSSR count). The van der Waals surface area contributed by atoms with Crippen LogP contribution in [0, 0.1) is 6.92 Å². The topological polar surface area (TPSA) is 80.3 Å². The van der Waals surface area contributed by atoms with Crippen molar-refractivity contribution >= 4 is 22.8 Å². The molecule has 0 aliphatic heterocycles. The minimum absolute atomic E-state index is 0.125. The highest BCUT2D eigenvalue weighted by Crippen LogP contribution is 2.23. The molecule has 0 spiro atoms. The van der Waals surface area contributed by atoms with Gasteiger partial charge in [0, 0.05) is 19.0 Å². The Balaban J connectivity index is 2.41. The van der Waals surface area contributed by atoms with E-state index in [0.29, 0.717) is 24.4 Å². The van der Waals surface area contributed by atoms with Gasteiger partial charge in [0.2, 0.25) is 5.91 Å². The summed E-state index contributed by atoms with van der Waals surface area (Å²) in [5.41, 5.74) is 2.71. The third-order valence-electron chi connectivity index (χ3n) is 3.56. The maximum atomic E-state index is 12.3. The number of hydrogen-bond donors (Lipinski definition) is 2. The van der Waals surface area contributed by atoms with E-state index < -0.39 is 0 Å². The Kier molecular flexibility index (Phi) is 5.65. The number of esters is 1. The molecule has 0 fully saturated rings. The van der Waals surface area contributed by atoms with Gasteiger partial charge >= 0.3 is 5.97 Å². The van der Waals surface area contributed by atoms with Crippen molar-refractivity contribution in [1.82, 2.24) is 15.6 Å². The normalized spacial score (nSPS) is 10.6. The van der Waals surface area contributed by atoms with Gasteiger partial charge in [0.1, 0.15) is 0 Å². The first-order valence-electron chi connectivity index (χ1n) is 7.55. The molecule has 1 aromatic carbocycles. The first kappa shape index (κ1) is 16.9. The van der Waals surface area contributed by atoms with Crippen LogP contribution in [0.3, 0.4) is 0 Å². The molecule has 0 radical (unpaired) electrons. The number of nitrogens with one attached hydrogen (secondary N) is 2. The molecule has 0 bridgehead atoms. The smallest absolute Gasteiger partial charge is 0.340 e. The largest absolute Gasteiger partial charge is 0.462 e. The summed E-state index contributed by atoms with van der Waals surface area (Å²) >= 11 is 0. The zero-order valence-electron chi connectivity index (χ0n) is 13.6. The molecule has 2 aromatic rings. The summed E-state index contributed by atoms with van der Waals surface area (Å²) in [7, 11) is 1.58. The van der Waals surface area contributed by atoms with E-state index in [1.807, 2.05) is 31.2 Å². The van der Waals surface area contributed by atoms with Gasteiger partial charge in [-0.05, 0) is 25.5 Å². The third-order valence-corrected chi connectivity index (χ3v) is 3.56. The molecule has 1 amide bonds. The van der Waals surface area contributed by atoms with Gasteiger partial charge in [-0.1, -0.05) is 18.2 Å². The number of benzene rings is 1. The number of pyridine rings is 1. The fourth-order valence-electron chi connectivity index (χ4n) is 2.43. The minimum atomic E-state index is -0.389. The molecule has 6 heteroatoms. The number of amides is 1. The first-order valence-corrected chi connectivity index (χ1v) is 7.55. The first-order chi connectivity index (χ1) is 11.1. The SMILES string of the molecule is CCOC(=O)c1c(CNCC(=O)NC)nc2ccccc2c1C. The van der Waals surface area contributed by atoms with Crippen LogP contribution in [-0.2, 0) is 16.1 Å². The van der Waals surface area contributed by atoms with Crippen molar-refractivity contribution in [2.24, 2.45) is 0 Å². The van der Waals surface area contributed by atoms with Crippen LogP contribution in [0.2, 0.25) is 0 Å². The number of hydrogen-bond acceptors (Lipinski definition) is 5. The van der Waals surface area contributed by atoms with Crippen molar-refractivity contribution in [3.05, 3.63) is 41.1 Å². The van der Waals surface area contributed by atoms with E-state index in [2.05, 4.69) is 15.6 Å². The van der Waals surface area contributed by atoms with Gasteiger partial charge in [-0.2, -0.15) is 0 Å². The molecule has 0 unspecified atom stereocenters. The summed E-state index contributed by atoms with van der Waals surface area (Å²) in [6.07, 6.45) is 0. The van der Waals surface area contributed by atoms with Crippen LogP contribution in [0.1, 0.15) is 28.5 Å². The Labute approximate surface area is 135 Å². The quantitative estimate of drug-likeness (QED) is 0.791. The fraction of sp³-hybridized carbons (Fsp3) is 0.353. The Hall–Kier alpha value is -2.47. The molecule has 122 valence electrons. The number of aromatic nitrogens is 1. The average molecular weight is 315 g/mol. The van der Waals surface area contributed by atoms with Crippen LogP contribution < -0.4 is 10.6 Å². The van der Waals surface area contributed by atoms with E-state index in [0.717, 1.165) is 16.5 Å². The van der Waals surface area contributed by atoms with Crippen LogP contribution in [0.4, 0.5) is 0 Å². The second-order valence-electron chi connectivity index (χ2n) is 5.07. The second kappa shape index (κ2) is 7.69. The molecule has 0 aliphatic rings. The van der Waals surface area contributed by atoms with E-state index in [-0.39, 0.29) is 18.4 Å². The maximum Gasteiger partial charge on any atom is 0.340 e. The molecule has 0 saturated heterocycles. The average Bonchev–Trinajstić information content (AvgIpc) is 2.55. The number of para-hydroxylation sites is 1. The van der Waals surface area contributed by atoms with Crippen LogP contribution in [-0.4, -0.2) is 37.1 Å². The van der Waals surface area contributed by atoms with Gasteiger partial charge in [0.05, 0.1) is 29.9 Å². The number of rotatable bonds is 6. The maximum absolute atomic E-state index is 12.3. The molecular weight excluding hydrogens is 294 g/mol. The highest BCUT2D eigenvalue weighted by molar-refractivity contribution is 5.98. The summed E-state index contributed by atoms with van der Waals surface area (Å²) in [5.74, 6) is -0.514. The standard InChI is InChI=1S/C17H21N3O3/c1-4-23-17(22)16-11(2)12-7-5-6-8-13(12)20-14(16)9-19-10-15(21)18-3/h5-8,19H,4,9-10H2,1-3H3,(H,18,21). The van der Waals surface area contributed by atoms with Crippen molar-refractivity contribution < 1.29 is 14.3 Å². The van der Waals surface area contributed by atoms with Crippen LogP contribution in [0.25, 0.3) is 10.9 Å². The molecule has 0 saturated carbocycles.